The van der Waals surface area contributed by atoms with Gasteiger partial charge in [-0.3, -0.25) is 4.68 Å². The smallest absolute Gasteiger partial charge is 0.157 e. The summed E-state index contributed by atoms with van der Waals surface area (Å²) < 4.78 is 17.3. The summed E-state index contributed by atoms with van der Waals surface area (Å²) in [5.74, 6) is -0.395. The van der Waals surface area contributed by atoms with Crippen LogP contribution in [0.25, 0.3) is 31.6 Å². The maximum Gasteiger partial charge on any atom is 0.157 e. The number of aryl methyl sites for hydroxylation is 1. The summed E-state index contributed by atoms with van der Waals surface area (Å²) in [4.78, 5) is 0.950. The molecule has 2 aromatic heterocycles. The number of nitrogens with two attached hydrogens (primary N) is 1. The second-order valence-electron chi connectivity index (χ2n) is 4.98. The molecule has 2 N–H and O–H groups in total. The Bertz CT molecular complexity index is 951. The minimum Gasteiger partial charge on any atom is -0.396 e. The Morgan fingerprint density at radius 1 is 1.19 bits per heavy atom. The third kappa shape index (κ3) is 1.74. The quantitative estimate of drug-likeness (QED) is 0.536. The van der Waals surface area contributed by atoms with E-state index in [-0.39, 0.29) is 5.69 Å². The van der Waals surface area contributed by atoms with Crippen LogP contribution in [0.15, 0.2) is 42.5 Å². The number of aromatic nitrogens is 2. The van der Waals surface area contributed by atoms with Gasteiger partial charge in [0.15, 0.2) is 5.82 Å². The number of nitrogens with zero attached hydrogens (tertiary/aromatic N) is 2. The number of hydrogen-bond acceptors (Lipinski definition) is 3. The minimum atomic E-state index is -0.395. The third-order valence-electron chi connectivity index (χ3n) is 3.64. The van der Waals surface area contributed by atoms with Gasteiger partial charge in [-0.1, -0.05) is 18.2 Å². The number of rotatable bonds is 1. The van der Waals surface area contributed by atoms with Gasteiger partial charge in [-0.15, -0.1) is 11.3 Å². The second kappa shape index (κ2) is 4.30. The van der Waals surface area contributed by atoms with Crippen LogP contribution in [-0.4, -0.2) is 9.78 Å². The molecular weight excluding hydrogens is 285 g/mol. The van der Waals surface area contributed by atoms with Crippen LogP contribution >= 0.6 is 11.3 Å². The molecule has 0 radical (unpaired) electrons. The highest BCUT2D eigenvalue weighted by molar-refractivity contribution is 7.22. The SMILES string of the molecule is Cn1nc(-c2cc3ccccc3s2)c2c(F)c(N)ccc21. The summed E-state index contributed by atoms with van der Waals surface area (Å²) in [6.45, 7) is 0. The molecule has 0 unspecified atom stereocenters. The molecular formula is C16H12FN3S. The predicted octanol–water partition coefficient (Wildman–Crippen LogP) is 4.18. The van der Waals surface area contributed by atoms with Gasteiger partial charge in [0.2, 0.25) is 0 Å². The zero-order valence-corrected chi connectivity index (χ0v) is 12.1. The topological polar surface area (TPSA) is 43.8 Å². The van der Waals surface area contributed by atoms with E-state index in [0.717, 1.165) is 20.5 Å². The van der Waals surface area contributed by atoms with Gasteiger partial charge in [0.1, 0.15) is 5.69 Å². The monoisotopic (exact) mass is 297 g/mol. The second-order valence-corrected chi connectivity index (χ2v) is 6.07. The summed E-state index contributed by atoms with van der Waals surface area (Å²) in [5.41, 5.74) is 7.26. The van der Waals surface area contributed by atoms with Crippen molar-refractivity contribution >= 4 is 38.0 Å². The molecule has 0 aliphatic heterocycles. The predicted molar refractivity (Wildman–Crippen MR) is 85.9 cm³/mol. The number of benzene rings is 2. The van der Waals surface area contributed by atoms with E-state index in [9.17, 15) is 4.39 Å². The van der Waals surface area contributed by atoms with Gasteiger partial charge in [-0.05, 0) is 29.7 Å². The first kappa shape index (κ1) is 12.3. The van der Waals surface area contributed by atoms with E-state index in [1.54, 1.807) is 28.2 Å². The van der Waals surface area contributed by atoms with Gasteiger partial charge in [0.05, 0.1) is 21.5 Å². The van der Waals surface area contributed by atoms with E-state index >= 15 is 0 Å². The molecule has 5 heteroatoms. The fourth-order valence-electron chi connectivity index (χ4n) is 2.60. The zero-order chi connectivity index (χ0) is 14.6. The molecule has 0 bridgehead atoms. The number of fused-ring (bicyclic) bond motifs is 2. The number of thiophene rings is 1. The summed E-state index contributed by atoms with van der Waals surface area (Å²) in [6, 6.07) is 13.5. The van der Waals surface area contributed by atoms with Crippen molar-refractivity contribution in [1.29, 1.82) is 0 Å². The molecule has 4 rings (SSSR count). The van der Waals surface area contributed by atoms with E-state index in [2.05, 4.69) is 11.2 Å². The molecule has 0 atom stereocenters. The van der Waals surface area contributed by atoms with Crippen molar-refractivity contribution in [1.82, 2.24) is 9.78 Å². The third-order valence-corrected chi connectivity index (χ3v) is 4.77. The first-order valence-corrected chi connectivity index (χ1v) is 7.36. The first-order valence-electron chi connectivity index (χ1n) is 6.55. The molecule has 104 valence electrons. The molecule has 21 heavy (non-hydrogen) atoms. The number of anilines is 1. The van der Waals surface area contributed by atoms with Crippen molar-refractivity contribution in [2.75, 3.05) is 5.73 Å². The van der Waals surface area contributed by atoms with Gasteiger partial charge >= 0.3 is 0 Å². The fourth-order valence-corrected chi connectivity index (χ4v) is 3.66. The molecule has 0 aliphatic carbocycles. The van der Waals surface area contributed by atoms with Crippen molar-refractivity contribution in [3.8, 4) is 10.6 Å². The Morgan fingerprint density at radius 3 is 2.81 bits per heavy atom. The highest BCUT2D eigenvalue weighted by Crippen LogP contribution is 2.38. The lowest BCUT2D eigenvalue weighted by atomic mass is 10.1. The molecule has 0 spiro atoms. The molecule has 0 fully saturated rings. The summed E-state index contributed by atoms with van der Waals surface area (Å²) in [6.07, 6.45) is 0. The van der Waals surface area contributed by atoms with E-state index in [1.165, 1.54) is 0 Å². The Balaban J connectivity index is 2.08. The van der Waals surface area contributed by atoms with Gasteiger partial charge < -0.3 is 5.73 Å². The van der Waals surface area contributed by atoms with E-state index in [0.29, 0.717) is 11.1 Å². The lowest BCUT2D eigenvalue weighted by molar-refractivity contribution is 0.644. The standard InChI is InChI=1S/C16H12FN3S/c1-20-11-7-6-10(18)15(17)14(11)16(19-20)13-8-9-4-2-3-5-12(9)21-13/h2-8H,18H2,1H3. The van der Waals surface area contributed by atoms with Crippen molar-refractivity contribution in [3.63, 3.8) is 0 Å². The van der Waals surface area contributed by atoms with Gasteiger partial charge in [-0.2, -0.15) is 5.10 Å². The number of hydrogen-bond donors (Lipinski definition) is 1. The van der Waals surface area contributed by atoms with Crippen LogP contribution in [0.3, 0.4) is 0 Å². The number of halogens is 1. The maximum absolute atomic E-state index is 14.4. The van der Waals surface area contributed by atoms with Crippen LogP contribution in [0.2, 0.25) is 0 Å². The molecule has 0 amide bonds. The van der Waals surface area contributed by atoms with Crippen LogP contribution in [0.5, 0.6) is 0 Å². The Hall–Kier alpha value is -2.40. The normalized spacial score (nSPS) is 11.5. The van der Waals surface area contributed by atoms with Crippen LogP contribution in [-0.2, 0) is 7.05 Å². The van der Waals surface area contributed by atoms with Crippen molar-refractivity contribution < 1.29 is 4.39 Å². The molecule has 4 aromatic rings. The lowest BCUT2D eigenvalue weighted by Crippen LogP contribution is -1.92. The molecule has 0 saturated carbocycles. The number of nitrogen functional groups attached to an aromatic ring is 1. The van der Waals surface area contributed by atoms with Crippen LogP contribution in [0.1, 0.15) is 0 Å². The van der Waals surface area contributed by atoms with Crippen LogP contribution < -0.4 is 5.73 Å². The average molecular weight is 297 g/mol. The minimum absolute atomic E-state index is 0.151. The molecule has 2 aromatic carbocycles. The van der Waals surface area contributed by atoms with Crippen molar-refractivity contribution in [3.05, 3.63) is 48.3 Å². The van der Waals surface area contributed by atoms with Gasteiger partial charge in [0, 0.05) is 11.7 Å². The van der Waals surface area contributed by atoms with Gasteiger partial charge in [0.25, 0.3) is 0 Å². The van der Waals surface area contributed by atoms with Gasteiger partial charge in [-0.25, -0.2) is 4.39 Å². The summed E-state index contributed by atoms with van der Waals surface area (Å²) >= 11 is 1.61. The van der Waals surface area contributed by atoms with Crippen LogP contribution in [0.4, 0.5) is 10.1 Å². The summed E-state index contributed by atoms with van der Waals surface area (Å²) in [5, 5.41) is 6.12. The highest BCUT2D eigenvalue weighted by atomic mass is 32.1. The van der Waals surface area contributed by atoms with Crippen molar-refractivity contribution in [2.45, 2.75) is 0 Å². The Labute approximate surface area is 124 Å². The molecule has 0 aliphatic rings. The molecule has 0 saturated heterocycles. The summed E-state index contributed by atoms with van der Waals surface area (Å²) in [7, 11) is 1.81. The molecule has 2 heterocycles. The van der Waals surface area contributed by atoms with E-state index in [4.69, 9.17) is 5.73 Å². The van der Waals surface area contributed by atoms with Crippen molar-refractivity contribution in [2.24, 2.45) is 7.05 Å². The maximum atomic E-state index is 14.4. The van der Waals surface area contributed by atoms with E-state index < -0.39 is 5.82 Å². The Morgan fingerprint density at radius 2 is 2.00 bits per heavy atom. The molecule has 3 nitrogen and oxygen atoms in total. The highest BCUT2D eigenvalue weighted by Gasteiger charge is 2.18. The lowest BCUT2D eigenvalue weighted by Gasteiger charge is -1.99. The Kier molecular flexibility index (Phi) is 2.53. The van der Waals surface area contributed by atoms with Crippen LogP contribution in [0, 0.1) is 5.82 Å². The van der Waals surface area contributed by atoms with E-state index in [1.807, 2.05) is 31.3 Å². The fraction of sp³-hybridized carbons (Fsp3) is 0.0625. The first-order chi connectivity index (χ1) is 10.1. The zero-order valence-electron chi connectivity index (χ0n) is 11.3. The average Bonchev–Trinajstić information content (AvgIpc) is 3.04. The largest absolute Gasteiger partial charge is 0.396 e.